The number of likely N-dealkylation sites (N-methyl/N-ethyl adjacent to an activating group) is 1. The first-order chi connectivity index (χ1) is 26.2. The van der Waals surface area contributed by atoms with Gasteiger partial charge in [-0.2, -0.15) is 0 Å². The lowest BCUT2D eigenvalue weighted by Gasteiger charge is -2.31. The number of halogens is 4. The van der Waals surface area contributed by atoms with E-state index in [1.165, 1.54) is 18.2 Å². The van der Waals surface area contributed by atoms with E-state index in [0.717, 1.165) is 138 Å². The molecule has 2 saturated heterocycles. The number of hydrogen-bond donors (Lipinski definition) is 0. The van der Waals surface area contributed by atoms with E-state index in [0.29, 0.717) is 5.56 Å². The summed E-state index contributed by atoms with van der Waals surface area (Å²) in [6.45, 7) is 12.0. The summed E-state index contributed by atoms with van der Waals surface area (Å²) in [5.41, 5.74) is 3.31. The Bertz CT molecular complexity index is 2090. The predicted molar refractivity (Wildman–Crippen MR) is 224 cm³/mol. The summed E-state index contributed by atoms with van der Waals surface area (Å²) < 4.78 is 110. The Kier molecular flexibility index (Phi) is 17.9. The first-order valence-electron chi connectivity index (χ1n) is 19.0. The number of sulfone groups is 3. The van der Waals surface area contributed by atoms with Gasteiger partial charge in [0.25, 0.3) is 0 Å². The van der Waals surface area contributed by atoms with E-state index in [9.17, 15) is 38.4 Å². The van der Waals surface area contributed by atoms with Gasteiger partial charge in [-0.3, -0.25) is 0 Å². The first-order valence-corrected chi connectivity index (χ1v) is 24.7. The van der Waals surface area contributed by atoms with Gasteiger partial charge in [-0.05, 0) is 167 Å². The van der Waals surface area contributed by atoms with Crippen molar-refractivity contribution in [2.45, 2.75) is 72.5 Å². The molecule has 0 spiro atoms. The lowest BCUT2D eigenvalue weighted by atomic mass is 9.89. The summed E-state index contributed by atoms with van der Waals surface area (Å²) in [5.74, 6) is -0.905. The fourth-order valence-corrected chi connectivity index (χ4v) is 9.25. The van der Waals surface area contributed by atoms with Crippen molar-refractivity contribution in [2.75, 3.05) is 78.2 Å². The molecule has 0 amide bonds. The van der Waals surface area contributed by atoms with E-state index < -0.39 is 47.0 Å². The average molecular weight is 877 g/mol. The Labute approximate surface area is 344 Å². The molecule has 57 heavy (non-hydrogen) atoms. The Hall–Kier alpha value is -2.79. The fourth-order valence-electron chi connectivity index (χ4n) is 7.23. The smallest absolute Gasteiger partial charge is 0.175 e. The molecule has 3 aromatic carbocycles. The van der Waals surface area contributed by atoms with Crippen LogP contribution >= 0.6 is 12.4 Å². The second-order valence-corrected chi connectivity index (χ2v) is 21.1. The highest BCUT2D eigenvalue weighted by Crippen LogP contribution is 2.32. The van der Waals surface area contributed by atoms with Gasteiger partial charge in [0.1, 0.15) is 17.5 Å². The largest absolute Gasteiger partial charge is 0.304 e. The summed E-state index contributed by atoms with van der Waals surface area (Å²) in [5, 5.41) is 0. The van der Waals surface area contributed by atoms with Crippen molar-refractivity contribution in [1.29, 1.82) is 0 Å². The fraction of sp³-hybridized carbons (Fsp3) is 0.512. The van der Waals surface area contributed by atoms with Gasteiger partial charge in [0.05, 0.1) is 14.7 Å². The second-order valence-electron chi connectivity index (χ2n) is 15.1. The zero-order valence-corrected chi connectivity index (χ0v) is 36.9. The maximum Gasteiger partial charge on any atom is 0.175 e. The van der Waals surface area contributed by atoms with E-state index in [4.69, 9.17) is 0 Å². The molecule has 3 aromatic rings. The van der Waals surface area contributed by atoms with Crippen LogP contribution in [0.25, 0.3) is 5.57 Å². The molecule has 3 heterocycles. The van der Waals surface area contributed by atoms with Crippen LogP contribution in [0.1, 0.15) is 74.5 Å². The van der Waals surface area contributed by atoms with Crippen LogP contribution in [-0.2, 0) is 29.5 Å². The van der Waals surface area contributed by atoms with Crippen LogP contribution in [0.4, 0.5) is 13.2 Å². The molecule has 0 aromatic heterocycles. The normalized spacial score (nSPS) is 18.0. The highest BCUT2D eigenvalue weighted by atomic mass is 35.5. The third-order valence-electron chi connectivity index (χ3n) is 10.7. The van der Waals surface area contributed by atoms with Crippen molar-refractivity contribution in [2.24, 2.45) is 0 Å². The Morgan fingerprint density at radius 3 is 1.26 bits per heavy atom. The first kappa shape index (κ1) is 48.6. The number of rotatable bonds is 8. The third kappa shape index (κ3) is 14.8. The predicted octanol–water partition coefficient (Wildman–Crippen LogP) is 7.23. The van der Waals surface area contributed by atoms with Gasteiger partial charge in [-0.1, -0.05) is 19.9 Å². The Morgan fingerprint density at radius 1 is 0.561 bits per heavy atom. The molecule has 0 N–H and O–H groups in total. The van der Waals surface area contributed by atoms with Crippen LogP contribution in [0.15, 0.2) is 75.4 Å². The van der Waals surface area contributed by atoms with Gasteiger partial charge in [0.15, 0.2) is 29.5 Å². The average Bonchev–Trinajstić information content (AvgIpc) is 3.14. The molecule has 0 aliphatic carbocycles. The molecular formula is C41H57ClF3N3O6S3. The molecule has 0 atom stereocenters. The van der Waals surface area contributed by atoms with Gasteiger partial charge in [0.2, 0.25) is 0 Å². The summed E-state index contributed by atoms with van der Waals surface area (Å²) in [6, 6.07) is 12.4. The lowest BCUT2D eigenvalue weighted by molar-refractivity contribution is 0.222. The quantitative estimate of drug-likeness (QED) is 0.232. The standard InChI is InChI=1S/2C14H20FNO2S.C13H16FNO2S.ClH/c2*1-3-16-6-4-11(5-7-16)12-8-13(15)10-14(9-12)19(2,17)18;1-15-5-3-10(4-6-15)11-7-12(14)9-13(8-11)18(2,16)17;/h2*8-11H,3-7H2,1-2H3;3,7-9H,4-6H2,1-2H3;1H. The van der Waals surface area contributed by atoms with E-state index >= 15 is 0 Å². The molecule has 0 bridgehead atoms. The third-order valence-corrected chi connectivity index (χ3v) is 14.0. The van der Waals surface area contributed by atoms with Gasteiger partial charge in [-0.15, -0.1) is 12.4 Å². The highest BCUT2D eigenvalue weighted by molar-refractivity contribution is 7.91. The maximum absolute atomic E-state index is 13.6. The van der Waals surface area contributed by atoms with E-state index in [1.807, 2.05) is 13.1 Å². The molecule has 9 nitrogen and oxygen atoms in total. The zero-order valence-electron chi connectivity index (χ0n) is 33.7. The summed E-state index contributed by atoms with van der Waals surface area (Å²) in [6.07, 6.45) is 9.99. The number of piperidine rings is 2. The second kappa shape index (κ2) is 20.9. The van der Waals surface area contributed by atoms with E-state index in [-0.39, 0.29) is 38.9 Å². The molecule has 0 unspecified atom stereocenters. The summed E-state index contributed by atoms with van der Waals surface area (Å²) in [7, 11) is -8.06. The van der Waals surface area contributed by atoms with Crippen LogP contribution in [-0.4, -0.2) is 118 Å². The van der Waals surface area contributed by atoms with Gasteiger partial charge >= 0.3 is 0 Å². The van der Waals surface area contributed by atoms with Crippen molar-refractivity contribution in [3.05, 3.63) is 94.8 Å². The monoisotopic (exact) mass is 875 g/mol. The minimum absolute atomic E-state index is 0. The van der Waals surface area contributed by atoms with Crippen LogP contribution in [0.3, 0.4) is 0 Å². The van der Waals surface area contributed by atoms with Crippen LogP contribution in [0, 0.1) is 17.5 Å². The molecule has 3 aliphatic heterocycles. The molecule has 0 radical (unpaired) electrons. The number of benzene rings is 3. The van der Waals surface area contributed by atoms with Crippen molar-refractivity contribution in [1.82, 2.24) is 14.7 Å². The van der Waals surface area contributed by atoms with E-state index in [1.54, 1.807) is 18.2 Å². The maximum atomic E-state index is 13.6. The van der Waals surface area contributed by atoms with Gasteiger partial charge < -0.3 is 14.7 Å². The zero-order chi connectivity index (χ0) is 41.4. The van der Waals surface area contributed by atoms with Gasteiger partial charge in [-0.25, -0.2) is 38.4 Å². The molecule has 2 fully saturated rings. The lowest BCUT2D eigenvalue weighted by Crippen LogP contribution is -2.32. The topological polar surface area (TPSA) is 112 Å². The van der Waals surface area contributed by atoms with E-state index in [2.05, 4.69) is 28.5 Å². The molecule has 16 heteroatoms. The minimum atomic E-state index is -3.37. The molecule has 318 valence electrons. The van der Waals surface area contributed by atoms with Crippen molar-refractivity contribution < 1.29 is 38.4 Å². The van der Waals surface area contributed by atoms with Gasteiger partial charge in [0, 0.05) is 31.9 Å². The number of nitrogens with zero attached hydrogens (tertiary/aromatic N) is 3. The molecule has 0 saturated carbocycles. The summed E-state index contributed by atoms with van der Waals surface area (Å²) in [4.78, 5) is 7.07. The van der Waals surface area contributed by atoms with Crippen molar-refractivity contribution in [3.8, 4) is 0 Å². The molecule has 3 aliphatic rings. The summed E-state index contributed by atoms with van der Waals surface area (Å²) >= 11 is 0. The molecule has 6 rings (SSSR count). The Balaban J connectivity index is 0.000000227. The number of likely N-dealkylation sites (tertiary alicyclic amines) is 2. The molecular weight excluding hydrogens is 819 g/mol. The SMILES string of the molecule is CCN1CCC(c2cc(F)cc(S(C)(=O)=O)c2)CC1.CCN1CCC(c2cc(F)cc(S(C)(=O)=O)c2)CC1.CN1CC=C(c2cc(F)cc(S(C)(=O)=O)c2)CC1.Cl. The van der Waals surface area contributed by atoms with Crippen molar-refractivity contribution in [3.63, 3.8) is 0 Å². The van der Waals surface area contributed by atoms with Crippen LogP contribution in [0.2, 0.25) is 0 Å². The highest BCUT2D eigenvalue weighted by Gasteiger charge is 2.23. The number of hydrogen-bond acceptors (Lipinski definition) is 9. The Morgan fingerprint density at radius 2 is 0.930 bits per heavy atom. The van der Waals surface area contributed by atoms with Crippen LogP contribution in [0.5, 0.6) is 0 Å². The van der Waals surface area contributed by atoms with Crippen molar-refractivity contribution >= 4 is 47.5 Å². The van der Waals surface area contributed by atoms with Crippen LogP contribution < -0.4 is 0 Å². The minimum Gasteiger partial charge on any atom is -0.304 e.